The number of aromatic nitrogens is 2. The summed E-state index contributed by atoms with van der Waals surface area (Å²) in [5.74, 6) is -0.333. The van der Waals surface area contributed by atoms with E-state index in [2.05, 4.69) is 5.10 Å². The van der Waals surface area contributed by atoms with E-state index in [9.17, 15) is 14.0 Å². The van der Waals surface area contributed by atoms with Crippen molar-refractivity contribution in [3.8, 4) is 0 Å². The van der Waals surface area contributed by atoms with Gasteiger partial charge in [0.05, 0.1) is 5.69 Å². The molecule has 0 spiro atoms. The lowest BCUT2D eigenvalue weighted by Crippen LogP contribution is -2.49. The minimum absolute atomic E-state index is 0.215. The lowest BCUT2D eigenvalue weighted by Gasteiger charge is -2.34. The predicted octanol–water partition coefficient (Wildman–Crippen LogP) is 0.820. The van der Waals surface area contributed by atoms with Crippen LogP contribution in [0, 0.1) is 12.8 Å². The van der Waals surface area contributed by atoms with Gasteiger partial charge in [0.1, 0.15) is 12.2 Å². The van der Waals surface area contributed by atoms with Crippen LogP contribution in [0.25, 0.3) is 0 Å². The maximum absolute atomic E-state index is 12.8. The third kappa shape index (κ3) is 4.37. The summed E-state index contributed by atoms with van der Waals surface area (Å²) in [4.78, 5) is 26.1. The van der Waals surface area contributed by atoms with Crippen LogP contribution in [-0.4, -0.2) is 46.4 Å². The van der Waals surface area contributed by atoms with Crippen LogP contribution in [0.5, 0.6) is 0 Å². The van der Waals surface area contributed by atoms with Crippen LogP contribution >= 0.6 is 0 Å². The molecule has 1 amide bonds. The number of nitrogens with zero attached hydrogens (tertiary/aromatic N) is 3. The summed E-state index contributed by atoms with van der Waals surface area (Å²) in [5.41, 5.74) is 6.44. The molecule has 0 aromatic carbocycles. The second kappa shape index (κ2) is 7.21. The van der Waals surface area contributed by atoms with E-state index in [-0.39, 0.29) is 11.5 Å². The molecule has 128 valence electrons. The van der Waals surface area contributed by atoms with Crippen LogP contribution in [0.1, 0.15) is 37.6 Å². The van der Waals surface area contributed by atoms with Crippen molar-refractivity contribution in [2.75, 3.05) is 19.6 Å². The number of halogens is 1. The highest BCUT2D eigenvalue weighted by molar-refractivity contribution is 5.78. The molecule has 2 N–H and O–H groups in total. The molecule has 1 fully saturated rings. The first-order valence-corrected chi connectivity index (χ1v) is 8.03. The predicted molar refractivity (Wildman–Crippen MR) is 86.0 cm³/mol. The molecule has 0 unspecified atom stereocenters. The molecule has 1 aliphatic rings. The molecule has 0 aliphatic carbocycles. The Morgan fingerprint density at radius 2 is 2.13 bits per heavy atom. The van der Waals surface area contributed by atoms with Gasteiger partial charge in [0.15, 0.2) is 0 Å². The van der Waals surface area contributed by atoms with Crippen molar-refractivity contribution in [3.63, 3.8) is 0 Å². The Balaban J connectivity index is 2.20. The molecule has 23 heavy (non-hydrogen) atoms. The number of carbonyl (C=O) groups is 1. The molecule has 1 aromatic rings. The lowest BCUT2D eigenvalue weighted by molar-refractivity contribution is -0.122. The smallest absolute Gasteiger partial charge is 0.270 e. The Morgan fingerprint density at radius 3 is 2.65 bits per heavy atom. The molecule has 2 rings (SSSR count). The fourth-order valence-corrected chi connectivity index (χ4v) is 2.78. The third-order valence-electron chi connectivity index (χ3n) is 4.08. The Bertz CT molecular complexity index is 623. The molecule has 7 heteroatoms. The molecular formula is C16H25FN4O2. The Morgan fingerprint density at radius 1 is 1.48 bits per heavy atom. The fourth-order valence-electron chi connectivity index (χ4n) is 2.78. The fraction of sp³-hybridized carbons (Fsp3) is 0.688. The zero-order chi connectivity index (χ0) is 17.1. The minimum Gasteiger partial charge on any atom is -0.368 e. The number of alkyl halides is 1. The van der Waals surface area contributed by atoms with Crippen LogP contribution in [0.4, 0.5) is 4.39 Å². The van der Waals surface area contributed by atoms with Gasteiger partial charge in [-0.2, -0.15) is 5.10 Å². The van der Waals surface area contributed by atoms with Crippen molar-refractivity contribution >= 4 is 5.91 Å². The first-order valence-electron chi connectivity index (χ1n) is 8.03. The second-order valence-electron chi connectivity index (χ2n) is 6.72. The van der Waals surface area contributed by atoms with Crippen LogP contribution in [-0.2, 0) is 11.2 Å². The van der Waals surface area contributed by atoms with Crippen LogP contribution in [0.3, 0.4) is 0 Å². The Labute approximate surface area is 135 Å². The van der Waals surface area contributed by atoms with Gasteiger partial charge in [-0.1, -0.05) is 13.8 Å². The molecule has 0 saturated carbocycles. The largest absolute Gasteiger partial charge is 0.368 e. The number of hydrogen-bond acceptors (Lipinski definition) is 4. The van der Waals surface area contributed by atoms with Gasteiger partial charge in [0.2, 0.25) is 5.91 Å². The van der Waals surface area contributed by atoms with Gasteiger partial charge in [0, 0.05) is 31.6 Å². The standard InChI is InChI=1S/C16H25FN4O2/c1-10(2)6-14(15(18)22)21-16(23)11(3)7-13(19-21)4-5-20-8-12(17)9-20/h7,10,12,14H,4-6,8-9H2,1-3H3,(H2,18,22)/t14-/m0/s1. The van der Waals surface area contributed by atoms with Crippen molar-refractivity contribution in [1.82, 2.24) is 14.7 Å². The van der Waals surface area contributed by atoms with E-state index in [1.165, 1.54) is 4.68 Å². The van der Waals surface area contributed by atoms with Gasteiger partial charge in [-0.3, -0.25) is 14.5 Å². The average Bonchev–Trinajstić information content (AvgIpc) is 2.43. The zero-order valence-electron chi connectivity index (χ0n) is 14.0. The maximum atomic E-state index is 12.8. The molecule has 1 aliphatic heterocycles. The normalized spacial score (nSPS) is 17.3. The molecule has 6 nitrogen and oxygen atoms in total. The van der Waals surface area contributed by atoms with E-state index in [1.807, 2.05) is 18.7 Å². The van der Waals surface area contributed by atoms with E-state index in [4.69, 9.17) is 5.73 Å². The van der Waals surface area contributed by atoms with E-state index >= 15 is 0 Å². The summed E-state index contributed by atoms with van der Waals surface area (Å²) >= 11 is 0. The van der Waals surface area contributed by atoms with Crippen LogP contribution in [0.15, 0.2) is 10.9 Å². The number of carbonyl (C=O) groups excluding carboxylic acids is 1. The average molecular weight is 324 g/mol. The van der Waals surface area contributed by atoms with Crippen molar-refractivity contribution < 1.29 is 9.18 Å². The lowest BCUT2D eigenvalue weighted by atomic mass is 10.0. The maximum Gasteiger partial charge on any atom is 0.270 e. The summed E-state index contributed by atoms with van der Waals surface area (Å²) in [6.07, 6.45) is 0.353. The summed E-state index contributed by atoms with van der Waals surface area (Å²) in [5, 5.41) is 4.34. The van der Waals surface area contributed by atoms with E-state index in [1.54, 1.807) is 13.0 Å². The summed E-state index contributed by atoms with van der Waals surface area (Å²) in [6.45, 7) is 7.24. The zero-order valence-corrected chi connectivity index (χ0v) is 14.0. The van der Waals surface area contributed by atoms with E-state index in [0.717, 1.165) is 5.69 Å². The number of rotatable bonds is 7. The van der Waals surface area contributed by atoms with Gasteiger partial charge in [-0.25, -0.2) is 9.07 Å². The molecule has 0 bridgehead atoms. The summed E-state index contributed by atoms with van der Waals surface area (Å²) in [7, 11) is 0. The molecule has 1 aromatic heterocycles. The van der Waals surface area contributed by atoms with Crippen LogP contribution < -0.4 is 11.3 Å². The molecular weight excluding hydrogens is 299 g/mol. The van der Waals surface area contributed by atoms with Crippen molar-refractivity contribution in [3.05, 3.63) is 27.7 Å². The summed E-state index contributed by atoms with van der Waals surface area (Å²) < 4.78 is 14.1. The molecule has 0 radical (unpaired) electrons. The SMILES string of the molecule is Cc1cc(CCN2CC(F)C2)nn([C@@H](CC(C)C)C(N)=O)c1=O. The second-order valence-corrected chi connectivity index (χ2v) is 6.72. The molecule has 2 heterocycles. The number of nitrogens with two attached hydrogens (primary N) is 1. The highest BCUT2D eigenvalue weighted by Gasteiger charge is 2.26. The quantitative estimate of drug-likeness (QED) is 0.805. The minimum atomic E-state index is -0.736. The van der Waals surface area contributed by atoms with Crippen molar-refractivity contribution in [1.29, 1.82) is 0 Å². The third-order valence-corrected chi connectivity index (χ3v) is 4.08. The van der Waals surface area contributed by atoms with Gasteiger partial charge in [-0.05, 0) is 25.3 Å². The topological polar surface area (TPSA) is 81.2 Å². The highest BCUT2D eigenvalue weighted by atomic mass is 19.1. The van der Waals surface area contributed by atoms with Gasteiger partial charge < -0.3 is 5.73 Å². The number of aryl methyl sites for hydroxylation is 1. The van der Waals surface area contributed by atoms with E-state index < -0.39 is 18.1 Å². The molecule has 1 saturated heterocycles. The van der Waals surface area contributed by atoms with Crippen molar-refractivity contribution in [2.45, 2.75) is 45.8 Å². The number of primary amides is 1. The van der Waals surface area contributed by atoms with Crippen molar-refractivity contribution in [2.24, 2.45) is 11.7 Å². The Hall–Kier alpha value is -1.76. The number of likely N-dealkylation sites (tertiary alicyclic amines) is 1. The van der Waals surface area contributed by atoms with Gasteiger partial charge >= 0.3 is 0 Å². The van der Waals surface area contributed by atoms with E-state index in [0.29, 0.717) is 38.0 Å². The summed E-state index contributed by atoms with van der Waals surface area (Å²) in [6, 6.07) is 0.999. The first-order chi connectivity index (χ1) is 10.8. The van der Waals surface area contributed by atoms with Crippen LogP contribution in [0.2, 0.25) is 0 Å². The number of hydrogen-bond donors (Lipinski definition) is 1. The highest BCUT2D eigenvalue weighted by Crippen LogP contribution is 2.16. The molecule has 1 atom stereocenters. The van der Waals surface area contributed by atoms with Gasteiger partial charge in [-0.15, -0.1) is 0 Å². The monoisotopic (exact) mass is 324 g/mol. The Kier molecular flexibility index (Phi) is 5.51. The first kappa shape index (κ1) is 17.6. The van der Waals surface area contributed by atoms with Gasteiger partial charge in [0.25, 0.3) is 5.56 Å². The number of amides is 1.